The summed E-state index contributed by atoms with van der Waals surface area (Å²) in [6.45, 7) is 6.05. The van der Waals surface area contributed by atoms with E-state index in [1.165, 1.54) is 0 Å². The minimum Gasteiger partial charge on any atom is -0.393 e. The highest BCUT2D eigenvalue weighted by Gasteiger charge is 2.29. The predicted octanol–water partition coefficient (Wildman–Crippen LogP) is 1.36. The molecule has 110 valence electrons. The third kappa shape index (κ3) is 3.83. The largest absolute Gasteiger partial charge is 0.393 e. The van der Waals surface area contributed by atoms with E-state index in [0.29, 0.717) is 6.54 Å². The zero-order valence-electron chi connectivity index (χ0n) is 12.0. The van der Waals surface area contributed by atoms with Crippen LogP contribution in [0, 0.1) is 5.92 Å². The van der Waals surface area contributed by atoms with Crippen LogP contribution in [0.4, 0.5) is 4.79 Å². The van der Waals surface area contributed by atoms with E-state index in [1.807, 2.05) is 11.8 Å². The molecule has 0 aromatic carbocycles. The summed E-state index contributed by atoms with van der Waals surface area (Å²) >= 11 is 0. The molecule has 2 saturated heterocycles. The van der Waals surface area contributed by atoms with Gasteiger partial charge in [0.15, 0.2) is 0 Å². The summed E-state index contributed by atoms with van der Waals surface area (Å²) in [6.07, 6.45) is 3.89. The number of likely N-dealkylation sites (tertiary alicyclic amines) is 1. The molecule has 5 nitrogen and oxygen atoms in total. The monoisotopic (exact) mass is 270 g/mol. The highest BCUT2D eigenvalue weighted by molar-refractivity contribution is 5.74. The molecule has 2 heterocycles. The Labute approximate surface area is 115 Å². The summed E-state index contributed by atoms with van der Waals surface area (Å²) in [4.78, 5) is 14.0. The molecule has 4 unspecified atom stereocenters. The number of rotatable bonds is 3. The van der Waals surface area contributed by atoms with Crippen LogP contribution < -0.4 is 5.32 Å². The second kappa shape index (κ2) is 6.57. The maximum absolute atomic E-state index is 12.2. The number of urea groups is 1. The lowest BCUT2D eigenvalue weighted by atomic mass is 9.94. The molecule has 0 aromatic rings. The molecule has 0 bridgehead atoms. The van der Waals surface area contributed by atoms with E-state index >= 15 is 0 Å². The summed E-state index contributed by atoms with van der Waals surface area (Å²) in [7, 11) is 0. The Bertz CT molecular complexity index is 303. The maximum atomic E-state index is 12.2. The van der Waals surface area contributed by atoms with Crippen LogP contribution >= 0.6 is 0 Å². The summed E-state index contributed by atoms with van der Waals surface area (Å²) < 4.78 is 5.59. The lowest BCUT2D eigenvalue weighted by Crippen LogP contribution is -2.51. The van der Waals surface area contributed by atoms with Gasteiger partial charge in [0.1, 0.15) is 0 Å². The van der Waals surface area contributed by atoms with Gasteiger partial charge in [-0.15, -0.1) is 0 Å². The fourth-order valence-electron chi connectivity index (χ4n) is 2.96. The molecule has 0 saturated carbocycles. The minimum atomic E-state index is -0.341. The van der Waals surface area contributed by atoms with Gasteiger partial charge in [-0.3, -0.25) is 0 Å². The van der Waals surface area contributed by atoms with Crippen LogP contribution in [0.25, 0.3) is 0 Å². The molecule has 2 aliphatic rings. The van der Waals surface area contributed by atoms with Crippen molar-refractivity contribution < 1.29 is 14.6 Å². The fourth-order valence-corrected chi connectivity index (χ4v) is 2.96. The molecule has 2 aliphatic heterocycles. The first-order chi connectivity index (χ1) is 9.08. The second-order valence-electron chi connectivity index (χ2n) is 5.88. The zero-order chi connectivity index (χ0) is 13.8. The number of aliphatic hydroxyl groups excluding tert-OH is 1. The van der Waals surface area contributed by atoms with Gasteiger partial charge in [-0.1, -0.05) is 0 Å². The fraction of sp³-hybridized carbons (Fsp3) is 0.929. The van der Waals surface area contributed by atoms with Crippen molar-refractivity contribution >= 4 is 6.03 Å². The molecule has 0 aliphatic carbocycles. The van der Waals surface area contributed by atoms with Crippen LogP contribution in [0.15, 0.2) is 0 Å². The van der Waals surface area contributed by atoms with Gasteiger partial charge >= 0.3 is 6.03 Å². The lowest BCUT2D eigenvalue weighted by molar-refractivity contribution is 0.0652. The molecule has 0 spiro atoms. The normalized spacial score (nSPS) is 31.0. The van der Waals surface area contributed by atoms with Gasteiger partial charge < -0.3 is 20.1 Å². The molecule has 0 aromatic heterocycles. The standard InChI is InChI=1S/C14H26N2O3/c1-10(13-6-4-8-19-13)15-14(18)16-7-3-5-12(9-16)11(2)17/h10-13,17H,3-9H2,1-2H3,(H,15,18). The summed E-state index contributed by atoms with van der Waals surface area (Å²) in [5, 5.41) is 12.7. The molecular weight excluding hydrogens is 244 g/mol. The molecule has 5 heteroatoms. The van der Waals surface area contributed by atoms with E-state index in [0.717, 1.165) is 38.8 Å². The van der Waals surface area contributed by atoms with E-state index in [1.54, 1.807) is 6.92 Å². The number of nitrogens with zero attached hydrogens (tertiary/aromatic N) is 1. The molecule has 4 atom stereocenters. The summed E-state index contributed by atoms with van der Waals surface area (Å²) in [5.74, 6) is 0.206. The van der Waals surface area contributed by atoms with Crippen LogP contribution in [-0.4, -0.2) is 54.0 Å². The van der Waals surface area contributed by atoms with Crippen molar-refractivity contribution in [2.75, 3.05) is 19.7 Å². The first-order valence-corrected chi connectivity index (χ1v) is 7.43. The third-order valence-corrected chi connectivity index (χ3v) is 4.30. The first kappa shape index (κ1) is 14.6. The van der Waals surface area contributed by atoms with Gasteiger partial charge in [-0.2, -0.15) is 0 Å². The number of ether oxygens (including phenoxy) is 1. The van der Waals surface area contributed by atoms with Crippen LogP contribution in [-0.2, 0) is 4.74 Å². The Balaban J connectivity index is 1.81. The second-order valence-corrected chi connectivity index (χ2v) is 5.88. The smallest absolute Gasteiger partial charge is 0.317 e. The molecule has 19 heavy (non-hydrogen) atoms. The van der Waals surface area contributed by atoms with Crippen LogP contribution in [0.2, 0.25) is 0 Å². The molecule has 2 N–H and O–H groups in total. The van der Waals surface area contributed by atoms with E-state index in [9.17, 15) is 9.90 Å². The number of aliphatic hydroxyl groups is 1. The SMILES string of the molecule is CC(O)C1CCCN(C(=O)NC(C)C2CCCO2)C1. The Morgan fingerprint density at radius 1 is 1.37 bits per heavy atom. The van der Waals surface area contributed by atoms with Crippen molar-refractivity contribution in [3.63, 3.8) is 0 Å². The molecule has 0 radical (unpaired) electrons. The highest BCUT2D eigenvalue weighted by atomic mass is 16.5. The third-order valence-electron chi connectivity index (χ3n) is 4.30. The number of hydrogen-bond donors (Lipinski definition) is 2. The van der Waals surface area contributed by atoms with Crippen molar-refractivity contribution in [2.45, 2.75) is 57.8 Å². The average Bonchev–Trinajstić information content (AvgIpc) is 2.92. The molecular formula is C14H26N2O3. The Hall–Kier alpha value is -0.810. The quantitative estimate of drug-likeness (QED) is 0.814. The average molecular weight is 270 g/mol. The topological polar surface area (TPSA) is 61.8 Å². The van der Waals surface area contributed by atoms with Gasteiger partial charge in [0.2, 0.25) is 0 Å². The van der Waals surface area contributed by atoms with E-state index < -0.39 is 0 Å². The van der Waals surface area contributed by atoms with Crippen LogP contribution in [0.5, 0.6) is 0 Å². The van der Waals surface area contributed by atoms with Crippen LogP contribution in [0.1, 0.15) is 39.5 Å². The Morgan fingerprint density at radius 3 is 2.79 bits per heavy atom. The Morgan fingerprint density at radius 2 is 2.16 bits per heavy atom. The molecule has 2 rings (SSSR count). The number of nitrogens with one attached hydrogen (secondary N) is 1. The van der Waals surface area contributed by atoms with Crippen molar-refractivity contribution in [3.05, 3.63) is 0 Å². The Kier molecular flexibility index (Phi) is 5.05. The lowest BCUT2D eigenvalue weighted by Gasteiger charge is -2.35. The van der Waals surface area contributed by atoms with Gasteiger partial charge in [0, 0.05) is 25.6 Å². The summed E-state index contributed by atoms with van der Waals surface area (Å²) in [6, 6.07) is 0.0373. The van der Waals surface area contributed by atoms with E-state index in [-0.39, 0.29) is 30.2 Å². The summed E-state index contributed by atoms with van der Waals surface area (Å²) in [5.41, 5.74) is 0. The van der Waals surface area contributed by atoms with Crippen molar-refractivity contribution in [3.8, 4) is 0 Å². The van der Waals surface area contributed by atoms with Gasteiger partial charge in [-0.25, -0.2) is 4.79 Å². The van der Waals surface area contributed by atoms with Crippen molar-refractivity contribution in [1.29, 1.82) is 0 Å². The number of hydrogen-bond acceptors (Lipinski definition) is 3. The van der Waals surface area contributed by atoms with Gasteiger partial charge in [0.25, 0.3) is 0 Å². The van der Waals surface area contributed by atoms with Crippen LogP contribution in [0.3, 0.4) is 0 Å². The van der Waals surface area contributed by atoms with Gasteiger partial charge in [-0.05, 0) is 39.5 Å². The minimum absolute atomic E-state index is 0.0200. The number of carbonyl (C=O) groups is 1. The molecule has 2 fully saturated rings. The van der Waals surface area contributed by atoms with Crippen molar-refractivity contribution in [2.24, 2.45) is 5.92 Å². The van der Waals surface area contributed by atoms with Gasteiger partial charge in [0.05, 0.1) is 18.2 Å². The number of carbonyl (C=O) groups excluding carboxylic acids is 1. The highest BCUT2D eigenvalue weighted by Crippen LogP contribution is 2.20. The first-order valence-electron chi connectivity index (χ1n) is 7.43. The molecule has 2 amide bonds. The van der Waals surface area contributed by atoms with E-state index in [4.69, 9.17) is 4.74 Å². The zero-order valence-corrected chi connectivity index (χ0v) is 12.0. The number of amides is 2. The predicted molar refractivity (Wildman–Crippen MR) is 72.9 cm³/mol. The van der Waals surface area contributed by atoms with Crippen molar-refractivity contribution in [1.82, 2.24) is 10.2 Å². The number of piperidine rings is 1. The maximum Gasteiger partial charge on any atom is 0.317 e. The van der Waals surface area contributed by atoms with E-state index in [2.05, 4.69) is 5.32 Å².